The summed E-state index contributed by atoms with van der Waals surface area (Å²) in [6.45, 7) is 2.54. The highest BCUT2D eigenvalue weighted by molar-refractivity contribution is 5.77. The van der Waals surface area contributed by atoms with Gasteiger partial charge in [-0.3, -0.25) is 9.25 Å². The maximum atomic E-state index is 5.92. The largest absolute Gasteiger partial charge is 0.369 e. The van der Waals surface area contributed by atoms with E-state index >= 15 is 0 Å². The molecule has 0 fully saturated rings. The number of aromatic nitrogens is 6. The van der Waals surface area contributed by atoms with E-state index in [1.54, 1.807) is 4.68 Å². The summed E-state index contributed by atoms with van der Waals surface area (Å²) < 4.78 is 8.64. The number of nitrogens with two attached hydrogens (primary N) is 1. The molecule has 0 aromatic carbocycles. The zero-order valence-electron chi connectivity index (χ0n) is 10.2. The Morgan fingerprint density at radius 2 is 2.28 bits per heavy atom. The molecule has 0 aliphatic rings. The van der Waals surface area contributed by atoms with Gasteiger partial charge in [0, 0.05) is 20.0 Å². The quantitative estimate of drug-likeness (QED) is 0.713. The number of fused-ring (bicyclic) bond motifs is 1. The number of anilines is 1. The smallest absolute Gasteiger partial charge is 0.228 e. The summed E-state index contributed by atoms with van der Waals surface area (Å²) in [6, 6.07) is 0. The molecule has 18 heavy (non-hydrogen) atoms. The van der Waals surface area contributed by atoms with Crippen LogP contribution in [0, 0.1) is 6.92 Å². The van der Waals surface area contributed by atoms with Crippen molar-refractivity contribution in [1.82, 2.24) is 29.5 Å². The van der Waals surface area contributed by atoms with Crippen LogP contribution < -0.4 is 5.73 Å². The number of nitrogen functional groups attached to an aromatic ring is 1. The van der Waals surface area contributed by atoms with E-state index in [-0.39, 0.29) is 0 Å². The Morgan fingerprint density at radius 1 is 1.44 bits per heavy atom. The van der Waals surface area contributed by atoms with E-state index in [2.05, 4.69) is 20.2 Å². The summed E-state index contributed by atoms with van der Waals surface area (Å²) in [5.41, 5.74) is 8.53. The molecule has 0 bridgehead atoms. The zero-order chi connectivity index (χ0) is 12.7. The van der Waals surface area contributed by atoms with Crippen molar-refractivity contribution in [2.45, 2.75) is 19.9 Å². The van der Waals surface area contributed by atoms with Crippen LogP contribution in [0.25, 0.3) is 11.2 Å². The fourth-order valence-electron chi connectivity index (χ4n) is 2.09. The second kappa shape index (κ2) is 3.83. The average molecular weight is 247 g/mol. The number of hydrogen-bond donors (Lipinski definition) is 1. The van der Waals surface area contributed by atoms with Crippen LogP contribution in [0.3, 0.4) is 0 Å². The van der Waals surface area contributed by atoms with Gasteiger partial charge in [-0.25, -0.2) is 4.98 Å². The van der Waals surface area contributed by atoms with Gasteiger partial charge in [0.15, 0.2) is 12.0 Å². The molecule has 0 aliphatic carbocycles. The van der Waals surface area contributed by atoms with E-state index in [0.29, 0.717) is 24.8 Å². The Labute approximate surface area is 102 Å². The molecule has 0 saturated carbocycles. The lowest BCUT2D eigenvalue weighted by Gasteiger charge is -2.04. The first-order valence-corrected chi connectivity index (χ1v) is 5.57. The number of aryl methyl sites for hydroxylation is 4. The molecule has 3 aromatic rings. The van der Waals surface area contributed by atoms with Gasteiger partial charge in [0.25, 0.3) is 0 Å². The number of hydrogen-bond acceptors (Lipinski definition) is 6. The molecule has 8 nitrogen and oxygen atoms in total. The van der Waals surface area contributed by atoms with E-state index in [9.17, 15) is 0 Å². The fraction of sp³-hybridized carbons (Fsp3) is 0.400. The van der Waals surface area contributed by atoms with Gasteiger partial charge in [-0.2, -0.15) is 10.1 Å². The van der Waals surface area contributed by atoms with Gasteiger partial charge in [0.1, 0.15) is 5.52 Å². The van der Waals surface area contributed by atoms with Crippen molar-refractivity contribution >= 4 is 17.1 Å². The molecule has 3 aromatic heterocycles. The Hall–Kier alpha value is -2.38. The van der Waals surface area contributed by atoms with Crippen LogP contribution in [0.1, 0.15) is 11.6 Å². The van der Waals surface area contributed by atoms with E-state index < -0.39 is 0 Å². The number of imidazole rings is 1. The SMILES string of the molecule is Cc1nn(C)c2c1nc(N)n2CCc1ncno1. The van der Waals surface area contributed by atoms with E-state index in [1.165, 1.54) is 6.33 Å². The molecule has 0 atom stereocenters. The second-order valence-corrected chi connectivity index (χ2v) is 4.09. The van der Waals surface area contributed by atoms with Crippen molar-refractivity contribution in [2.24, 2.45) is 7.05 Å². The molecule has 94 valence electrons. The first-order valence-electron chi connectivity index (χ1n) is 5.57. The molecule has 0 aliphatic heterocycles. The maximum Gasteiger partial charge on any atom is 0.228 e. The summed E-state index contributed by atoms with van der Waals surface area (Å²) in [6.07, 6.45) is 2.00. The lowest BCUT2D eigenvalue weighted by atomic mass is 10.4. The average Bonchev–Trinajstić information content (AvgIpc) is 2.98. The predicted octanol–water partition coefficient (Wildman–Crippen LogP) is 0.286. The van der Waals surface area contributed by atoms with Crippen LogP contribution in [-0.2, 0) is 20.0 Å². The summed E-state index contributed by atoms with van der Waals surface area (Å²) in [7, 11) is 1.87. The molecule has 0 spiro atoms. The minimum atomic E-state index is 0.473. The molecular weight excluding hydrogens is 234 g/mol. The van der Waals surface area contributed by atoms with Crippen molar-refractivity contribution < 1.29 is 4.52 Å². The van der Waals surface area contributed by atoms with Crippen LogP contribution in [0.4, 0.5) is 5.95 Å². The summed E-state index contributed by atoms with van der Waals surface area (Å²) in [4.78, 5) is 8.30. The minimum absolute atomic E-state index is 0.473. The van der Waals surface area contributed by atoms with Gasteiger partial charge < -0.3 is 10.3 Å². The van der Waals surface area contributed by atoms with Crippen LogP contribution in [0.5, 0.6) is 0 Å². The minimum Gasteiger partial charge on any atom is -0.369 e. The topological polar surface area (TPSA) is 101 Å². The number of nitrogens with zero attached hydrogens (tertiary/aromatic N) is 6. The van der Waals surface area contributed by atoms with Gasteiger partial charge in [0.05, 0.1) is 5.69 Å². The van der Waals surface area contributed by atoms with Crippen molar-refractivity contribution in [3.63, 3.8) is 0 Å². The Bertz CT molecular complexity index is 679. The zero-order valence-corrected chi connectivity index (χ0v) is 10.2. The Balaban J connectivity index is 1.98. The molecular formula is C10H13N7O. The number of rotatable bonds is 3. The Kier molecular flexibility index (Phi) is 2.29. The van der Waals surface area contributed by atoms with Crippen LogP contribution in [0.15, 0.2) is 10.9 Å². The van der Waals surface area contributed by atoms with E-state index in [0.717, 1.165) is 16.9 Å². The van der Waals surface area contributed by atoms with E-state index in [4.69, 9.17) is 10.3 Å². The summed E-state index contributed by atoms with van der Waals surface area (Å²) in [5.74, 6) is 1.05. The van der Waals surface area contributed by atoms with Crippen LogP contribution >= 0.6 is 0 Å². The third-order valence-corrected chi connectivity index (χ3v) is 2.88. The molecule has 0 radical (unpaired) electrons. The maximum absolute atomic E-state index is 5.92. The van der Waals surface area contributed by atoms with Gasteiger partial charge in [-0.05, 0) is 6.92 Å². The monoisotopic (exact) mass is 247 g/mol. The highest BCUT2D eigenvalue weighted by atomic mass is 16.5. The fourth-order valence-corrected chi connectivity index (χ4v) is 2.09. The van der Waals surface area contributed by atoms with Gasteiger partial charge in [-0.1, -0.05) is 5.16 Å². The van der Waals surface area contributed by atoms with Crippen molar-refractivity contribution in [1.29, 1.82) is 0 Å². The van der Waals surface area contributed by atoms with Gasteiger partial charge in [0.2, 0.25) is 11.8 Å². The van der Waals surface area contributed by atoms with Crippen molar-refractivity contribution in [3.8, 4) is 0 Å². The highest BCUT2D eigenvalue weighted by Gasteiger charge is 2.15. The molecule has 3 rings (SSSR count). The third kappa shape index (κ3) is 1.53. The lowest BCUT2D eigenvalue weighted by Crippen LogP contribution is -2.09. The predicted molar refractivity (Wildman–Crippen MR) is 63.7 cm³/mol. The lowest BCUT2D eigenvalue weighted by molar-refractivity contribution is 0.371. The molecule has 0 unspecified atom stereocenters. The molecule has 3 heterocycles. The molecule has 8 heteroatoms. The second-order valence-electron chi connectivity index (χ2n) is 4.09. The Morgan fingerprint density at radius 3 is 3.00 bits per heavy atom. The van der Waals surface area contributed by atoms with E-state index in [1.807, 2.05) is 18.5 Å². The highest BCUT2D eigenvalue weighted by Crippen LogP contribution is 2.20. The van der Waals surface area contributed by atoms with Crippen molar-refractivity contribution in [3.05, 3.63) is 17.9 Å². The van der Waals surface area contributed by atoms with Crippen LogP contribution in [-0.4, -0.2) is 29.5 Å². The van der Waals surface area contributed by atoms with Crippen LogP contribution in [0.2, 0.25) is 0 Å². The first-order chi connectivity index (χ1) is 8.66. The standard InChI is InChI=1S/C10H13N7O/c1-6-8-9(16(2)15-6)17(10(11)14-8)4-3-7-12-5-13-18-7/h5H,3-4H2,1-2H3,(H2,11,14). The summed E-state index contributed by atoms with van der Waals surface area (Å²) in [5, 5.41) is 7.89. The molecule has 0 saturated heterocycles. The van der Waals surface area contributed by atoms with Gasteiger partial charge in [-0.15, -0.1) is 0 Å². The van der Waals surface area contributed by atoms with Crippen molar-refractivity contribution in [2.75, 3.05) is 5.73 Å². The molecule has 0 amide bonds. The van der Waals surface area contributed by atoms with Gasteiger partial charge >= 0.3 is 0 Å². The molecule has 2 N–H and O–H groups in total. The summed E-state index contributed by atoms with van der Waals surface area (Å²) >= 11 is 0. The first kappa shape index (κ1) is 10.8. The normalized spacial score (nSPS) is 11.4. The third-order valence-electron chi connectivity index (χ3n) is 2.88.